The summed E-state index contributed by atoms with van der Waals surface area (Å²) in [6, 6.07) is 14.0. The molecule has 2 heterocycles. The summed E-state index contributed by atoms with van der Waals surface area (Å²) in [5.74, 6) is 0.0847. The van der Waals surface area contributed by atoms with Crippen molar-refractivity contribution in [1.82, 2.24) is 20.4 Å². The molecule has 1 fully saturated rings. The summed E-state index contributed by atoms with van der Waals surface area (Å²) in [4.78, 5) is 30.6. The Balaban J connectivity index is 1.52. The Morgan fingerprint density at radius 3 is 2.16 bits per heavy atom. The van der Waals surface area contributed by atoms with E-state index in [4.69, 9.17) is 0 Å². The van der Waals surface area contributed by atoms with Gasteiger partial charge in [0, 0.05) is 23.5 Å². The summed E-state index contributed by atoms with van der Waals surface area (Å²) in [5, 5.41) is 8.29. The number of nitrogens with zero attached hydrogens (tertiary/aromatic N) is 2. The Labute approximate surface area is 189 Å². The van der Waals surface area contributed by atoms with Crippen molar-refractivity contribution >= 4 is 23.2 Å². The normalized spacial score (nSPS) is 17.0. The van der Waals surface area contributed by atoms with Gasteiger partial charge in [-0.2, -0.15) is 0 Å². The van der Waals surface area contributed by atoms with Crippen molar-refractivity contribution in [2.45, 2.75) is 38.8 Å². The lowest BCUT2D eigenvalue weighted by Crippen LogP contribution is -2.46. The number of nitrogens with one attached hydrogen (secondary N) is 2. The molecule has 1 unspecified atom stereocenters. The zero-order chi connectivity index (χ0) is 22.3. The maximum absolute atomic E-state index is 12.9. The zero-order valence-electron chi connectivity index (χ0n) is 18.8. The fraction of sp³-hybridized carbons (Fsp3) is 0.500. The lowest BCUT2D eigenvalue weighted by atomic mass is 10.1. The number of thiophene rings is 1. The first-order valence-corrected chi connectivity index (χ1v) is 11.8. The zero-order valence-corrected chi connectivity index (χ0v) is 19.6. The van der Waals surface area contributed by atoms with Crippen LogP contribution in [0.4, 0.5) is 0 Å². The molecule has 1 aliphatic heterocycles. The third-order valence-electron chi connectivity index (χ3n) is 5.20. The standard InChI is InChI=1S/C24H34N4O2S/c1-24(2,3)26-22(30)18-28-13-8-12-27(14-15-28)17-21(29)25-23(20-11-7-16-31-20)19-9-5-4-6-10-19/h4-7,9-11,16,23H,8,12-15,17-18H2,1-3H3,(H,25,29)(H,26,30). The van der Waals surface area contributed by atoms with E-state index in [2.05, 4.69) is 38.6 Å². The smallest absolute Gasteiger partial charge is 0.234 e. The SMILES string of the molecule is CC(C)(C)NC(=O)CN1CCCN(CC(=O)NC(c2ccccc2)c2cccs2)CC1. The van der Waals surface area contributed by atoms with Crippen LogP contribution in [-0.4, -0.2) is 66.4 Å². The summed E-state index contributed by atoms with van der Waals surface area (Å²) in [6.07, 6.45) is 0.948. The number of carbonyl (C=O) groups is 2. The van der Waals surface area contributed by atoms with Gasteiger partial charge in [0.1, 0.15) is 0 Å². The number of hydrogen-bond acceptors (Lipinski definition) is 5. The van der Waals surface area contributed by atoms with Crippen LogP contribution < -0.4 is 10.6 Å². The second-order valence-corrected chi connectivity index (χ2v) is 10.1. The lowest BCUT2D eigenvalue weighted by molar-refractivity contribution is -0.124. The Bertz CT molecular complexity index is 833. The van der Waals surface area contributed by atoms with Crippen LogP contribution in [0.5, 0.6) is 0 Å². The van der Waals surface area contributed by atoms with Crippen LogP contribution in [0.2, 0.25) is 0 Å². The van der Waals surface area contributed by atoms with E-state index in [1.807, 2.05) is 50.4 Å². The van der Waals surface area contributed by atoms with E-state index in [1.165, 1.54) is 0 Å². The maximum Gasteiger partial charge on any atom is 0.234 e. The first-order valence-electron chi connectivity index (χ1n) is 10.9. The number of benzene rings is 1. The second kappa shape index (κ2) is 10.9. The molecule has 31 heavy (non-hydrogen) atoms. The molecule has 2 N–H and O–H groups in total. The van der Waals surface area contributed by atoms with Crippen molar-refractivity contribution in [3.63, 3.8) is 0 Å². The van der Waals surface area contributed by atoms with Gasteiger partial charge >= 0.3 is 0 Å². The second-order valence-electron chi connectivity index (χ2n) is 9.13. The highest BCUT2D eigenvalue weighted by Gasteiger charge is 2.23. The first-order chi connectivity index (χ1) is 14.8. The van der Waals surface area contributed by atoms with Gasteiger partial charge in [0.05, 0.1) is 19.1 Å². The first kappa shape index (κ1) is 23.4. The van der Waals surface area contributed by atoms with Crippen molar-refractivity contribution in [3.05, 3.63) is 58.3 Å². The average molecular weight is 443 g/mol. The van der Waals surface area contributed by atoms with Crippen molar-refractivity contribution in [3.8, 4) is 0 Å². The molecule has 3 rings (SSSR count). The summed E-state index contributed by atoms with van der Waals surface area (Å²) in [7, 11) is 0. The molecule has 0 bridgehead atoms. The van der Waals surface area contributed by atoms with E-state index in [1.54, 1.807) is 11.3 Å². The highest BCUT2D eigenvalue weighted by atomic mass is 32.1. The molecule has 2 aromatic rings. The maximum atomic E-state index is 12.9. The Hall–Kier alpha value is -2.22. The van der Waals surface area contributed by atoms with Crippen molar-refractivity contribution < 1.29 is 9.59 Å². The fourth-order valence-electron chi connectivity index (χ4n) is 3.83. The third-order valence-corrected chi connectivity index (χ3v) is 6.13. The van der Waals surface area contributed by atoms with Gasteiger partial charge in [0.2, 0.25) is 11.8 Å². The van der Waals surface area contributed by atoms with Gasteiger partial charge in [0.15, 0.2) is 0 Å². The van der Waals surface area contributed by atoms with E-state index in [9.17, 15) is 9.59 Å². The van der Waals surface area contributed by atoms with E-state index in [0.29, 0.717) is 13.1 Å². The molecule has 1 atom stereocenters. The summed E-state index contributed by atoms with van der Waals surface area (Å²) >= 11 is 1.65. The minimum Gasteiger partial charge on any atom is -0.350 e. The molecule has 1 saturated heterocycles. The predicted molar refractivity (Wildman–Crippen MR) is 126 cm³/mol. The fourth-order valence-corrected chi connectivity index (χ4v) is 4.63. The summed E-state index contributed by atoms with van der Waals surface area (Å²) in [6.45, 7) is 10.1. The predicted octanol–water partition coefficient (Wildman–Crippen LogP) is 2.88. The summed E-state index contributed by atoms with van der Waals surface area (Å²) < 4.78 is 0. The molecule has 7 heteroatoms. The highest BCUT2D eigenvalue weighted by Crippen LogP contribution is 2.25. The number of rotatable bonds is 7. The van der Waals surface area contributed by atoms with Gasteiger partial charge in [0.25, 0.3) is 0 Å². The molecular formula is C24H34N4O2S. The van der Waals surface area contributed by atoms with E-state index in [0.717, 1.165) is 43.0 Å². The Morgan fingerprint density at radius 2 is 1.58 bits per heavy atom. The molecule has 1 aromatic carbocycles. The average Bonchev–Trinajstić information content (AvgIpc) is 3.15. The van der Waals surface area contributed by atoms with Gasteiger partial charge in [-0.3, -0.25) is 19.4 Å². The quantitative estimate of drug-likeness (QED) is 0.692. The van der Waals surface area contributed by atoms with Crippen molar-refractivity contribution in [2.24, 2.45) is 0 Å². The molecule has 0 aliphatic carbocycles. The molecule has 0 radical (unpaired) electrons. The van der Waals surface area contributed by atoms with Gasteiger partial charge in [-0.15, -0.1) is 11.3 Å². The molecule has 1 aromatic heterocycles. The molecular weight excluding hydrogens is 408 g/mol. The van der Waals surface area contributed by atoms with Crippen LogP contribution in [0, 0.1) is 0 Å². The van der Waals surface area contributed by atoms with Crippen LogP contribution in [0.3, 0.4) is 0 Å². The number of carbonyl (C=O) groups excluding carboxylic acids is 2. The van der Waals surface area contributed by atoms with Crippen molar-refractivity contribution in [2.75, 3.05) is 39.3 Å². The van der Waals surface area contributed by atoms with Gasteiger partial charge in [-0.05, 0) is 57.3 Å². The Morgan fingerprint density at radius 1 is 0.935 bits per heavy atom. The van der Waals surface area contributed by atoms with E-state index < -0.39 is 0 Å². The highest BCUT2D eigenvalue weighted by molar-refractivity contribution is 7.10. The van der Waals surface area contributed by atoms with Crippen LogP contribution in [0.15, 0.2) is 47.8 Å². The molecule has 168 valence electrons. The topological polar surface area (TPSA) is 64.7 Å². The molecule has 0 spiro atoms. The minimum absolute atomic E-state index is 0.0289. The lowest BCUT2D eigenvalue weighted by Gasteiger charge is -2.25. The molecule has 6 nitrogen and oxygen atoms in total. The summed E-state index contributed by atoms with van der Waals surface area (Å²) in [5.41, 5.74) is 0.871. The monoisotopic (exact) mass is 442 g/mol. The van der Waals surface area contributed by atoms with Crippen LogP contribution in [0.1, 0.15) is 43.7 Å². The largest absolute Gasteiger partial charge is 0.350 e. The van der Waals surface area contributed by atoms with Gasteiger partial charge < -0.3 is 10.6 Å². The van der Waals surface area contributed by atoms with E-state index in [-0.39, 0.29) is 23.4 Å². The molecule has 1 aliphatic rings. The molecule has 2 amide bonds. The Kier molecular flexibility index (Phi) is 8.23. The molecule has 0 saturated carbocycles. The van der Waals surface area contributed by atoms with Gasteiger partial charge in [-0.1, -0.05) is 36.4 Å². The van der Waals surface area contributed by atoms with Crippen LogP contribution >= 0.6 is 11.3 Å². The number of hydrogen-bond donors (Lipinski definition) is 2. The van der Waals surface area contributed by atoms with E-state index >= 15 is 0 Å². The van der Waals surface area contributed by atoms with Gasteiger partial charge in [-0.25, -0.2) is 0 Å². The third kappa shape index (κ3) is 7.76. The van der Waals surface area contributed by atoms with Crippen molar-refractivity contribution in [1.29, 1.82) is 0 Å². The number of amides is 2. The minimum atomic E-state index is -0.217. The van der Waals surface area contributed by atoms with Crippen LogP contribution in [-0.2, 0) is 9.59 Å². The van der Waals surface area contributed by atoms with Crippen LogP contribution in [0.25, 0.3) is 0 Å².